The molecular weight excluding hydrogens is 168 g/mol. The maximum atomic E-state index is 8.89. The number of nitriles is 1. The molecule has 0 saturated heterocycles. The molecule has 0 fully saturated rings. The van der Waals surface area contributed by atoms with E-state index in [1.165, 1.54) is 0 Å². The smallest absolute Gasteiger partial charge is 0.0948 e. The predicted octanol–water partition coefficient (Wildman–Crippen LogP) is 1.65. The van der Waals surface area contributed by atoms with E-state index >= 15 is 0 Å². The Bertz CT molecular complexity index is 228. The third-order valence-electron chi connectivity index (χ3n) is 2.00. The van der Waals surface area contributed by atoms with Crippen molar-refractivity contribution in [1.82, 2.24) is 0 Å². The van der Waals surface area contributed by atoms with E-state index in [2.05, 4.69) is 11.2 Å². The molecule has 0 amide bonds. The van der Waals surface area contributed by atoms with Gasteiger partial charge >= 0.3 is 0 Å². The number of rotatable bonds is 4. The minimum Gasteiger partial charge on any atom is -0.411 e. The van der Waals surface area contributed by atoms with E-state index in [0.717, 1.165) is 0 Å². The summed E-state index contributed by atoms with van der Waals surface area (Å²) in [5, 5.41) is 20.5. The van der Waals surface area contributed by atoms with Crippen LogP contribution in [0.3, 0.4) is 0 Å². The van der Waals surface area contributed by atoms with E-state index in [1.54, 1.807) is 14.0 Å². The molecule has 0 aromatic heterocycles. The first-order valence-electron chi connectivity index (χ1n) is 4.06. The minimum absolute atomic E-state index is 0.334. The molecule has 13 heavy (non-hydrogen) atoms. The number of methoxy groups -OCH3 is 1. The van der Waals surface area contributed by atoms with Gasteiger partial charge in [-0.25, -0.2) is 0 Å². The second-order valence-corrected chi connectivity index (χ2v) is 3.73. The zero-order valence-electron chi connectivity index (χ0n) is 8.53. The zero-order valence-corrected chi connectivity index (χ0v) is 8.53. The Balaban J connectivity index is 4.68. The molecule has 0 heterocycles. The van der Waals surface area contributed by atoms with Crippen molar-refractivity contribution in [2.24, 2.45) is 16.5 Å². The molecule has 0 aromatic rings. The van der Waals surface area contributed by atoms with Crippen LogP contribution in [0.25, 0.3) is 0 Å². The van der Waals surface area contributed by atoms with Crippen LogP contribution in [0.1, 0.15) is 20.8 Å². The highest BCUT2D eigenvalue weighted by Gasteiger charge is 2.32. The first kappa shape index (κ1) is 11.9. The van der Waals surface area contributed by atoms with Crippen LogP contribution in [0.2, 0.25) is 0 Å². The van der Waals surface area contributed by atoms with Crippen LogP contribution in [0.4, 0.5) is 0 Å². The van der Waals surface area contributed by atoms with Gasteiger partial charge in [-0.05, 0) is 6.92 Å². The lowest BCUT2D eigenvalue weighted by molar-refractivity contribution is 0.0926. The fourth-order valence-electron chi connectivity index (χ4n) is 1.35. The molecule has 0 saturated carbocycles. The summed E-state index contributed by atoms with van der Waals surface area (Å²) in [6.07, 6.45) is 0. The van der Waals surface area contributed by atoms with Crippen molar-refractivity contribution < 1.29 is 9.94 Å². The van der Waals surface area contributed by atoms with Crippen LogP contribution in [-0.4, -0.2) is 24.6 Å². The fraction of sp³-hybridized carbons (Fsp3) is 0.778. The van der Waals surface area contributed by atoms with Crippen LogP contribution in [-0.2, 0) is 4.74 Å². The first-order valence-corrected chi connectivity index (χ1v) is 4.06. The third-order valence-corrected chi connectivity index (χ3v) is 2.00. The number of nitrogens with zero attached hydrogens (tertiary/aromatic N) is 2. The molecule has 4 nitrogen and oxygen atoms in total. The van der Waals surface area contributed by atoms with Crippen LogP contribution >= 0.6 is 0 Å². The second kappa shape index (κ2) is 4.83. The van der Waals surface area contributed by atoms with Crippen molar-refractivity contribution in [2.45, 2.75) is 20.8 Å². The highest BCUT2D eigenvalue weighted by atomic mass is 16.5. The Kier molecular flexibility index (Phi) is 4.43. The van der Waals surface area contributed by atoms with Gasteiger partial charge in [0, 0.05) is 12.5 Å². The van der Waals surface area contributed by atoms with Gasteiger partial charge in [0.15, 0.2) is 0 Å². The Labute approximate surface area is 78.8 Å². The van der Waals surface area contributed by atoms with Gasteiger partial charge in [0.25, 0.3) is 0 Å². The standard InChI is InChI=1S/C9H16N2O2/c1-7(11-12)8(5-10)9(2,3)6-13-4/h8,12H,6H2,1-4H3/b11-7+. The average Bonchev–Trinajstić information content (AvgIpc) is 2.04. The van der Waals surface area contributed by atoms with Gasteiger partial charge in [-0.15, -0.1) is 0 Å². The Morgan fingerprint density at radius 2 is 2.23 bits per heavy atom. The first-order chi connectivity index (χ1) is 5.99. The van der Waals surface area contributed by atoms with Crippen molar-refractivity contribution in [3.8, 4) is 6.07 Å². The Morgan fingerprint density at radius 1 is 1.69 bits per heavy atom. The molecule has 74 valence electrons. The van der Waals surface area contributed by atoms with Crippen molar-refractivity contribution in [1.29, 1.82) is 5.26 Å². The molecule has 0 aliphatic carbocycles. The van der Waals surface area contributed by atoms with Gasteiger partial charge in [-0.3, -0.25) is 0 Å². The number of oxime groups is 1. The van der Waals surface area contributed by atoms with E-state index < -0.39 is 5.92 Å². The summed E-state index contributed by atoms with van der Waals surface area (Å²) in [5.74, 6) is -0.419. The second-order valence-electron chi connectivity index (χ2n) is 3.73. The van der Waals surface area contributed by atoms with Gasteiger partial charge in [-0.2, -0.15) is 5.26 Å². The van der Waals surface area contributed by atoms with Crippen LogP contribution in [0.5, 0.6) is 0 Å². The lowest BCUT2D eigenvalue weighted by Gasteiger charge is -2.27. The molecule has 0 aliphatic heterocycles. The van der Waals surface area contributed by atoms with E-state index in [1.807, 2.05) is 13.8 Å². The molecule has 0 radical (unpaired) electrons. The molecule has 1 atom stereocenters. The van der Waals surface area contributed by atoms with E-state index in [0.29, 0.717) is 12.3 Å². The monoisotopic (exact) mass is 184 g/mol. The average molecular weight is 184 g/mol. The Morgan fingerprint density at radius 3 is 2.54 bits per heavy atom. The number of ether oxygens (including phenoxy) is 1. The lowest BCUT2D eigenvalue weighted by atomic mass is 9.78. The van der Waals surface area contributed by atoms with E-state index in [9.17, 15) is 0 Å². The molecule has 1 N–H and O–H groups in total. The molecule has 0 aromatic carbocycles. The molecule has 0 spiro atoms. The van der Waals surface area contributed by atoms with Crippen LogP contribution in [0.15, 0.2) is 5.16 Å². The largest absolute Gasteiger partial charge is 0.411 e. The quantitative estimate of drug-likeness (QED) is 0.410. The number of hydrogen-bond acceptors (Lipinski definition) is 4. The minimum atomic E-state index is -0.419. The predicted molar refractivity (Wildman–Crippen MR) is 49.7 cm³/mol. The van der Waals surface area contributed by atoms with Gasteiger partial charge in [-0.1, -0.05) is 19.0 Å². The van der Waals surface area contributed by atoms with Crippen molar-refractivity contribution in [3.63, 3.8) is 0 Å². The summed E-state index contributed by atoms with van der Waals surface area (Å²) in [6.45, 7) is 5.89. The zero-order chi connectivity index (χ0) is 10.5. The molecule has 1 unspecified atom stereocenters. The summed E-state index contributed by atoms with van der Waals surface area (Å²) < 4.78 is 5.00. The molecule has 0 rings (SSSR count). The van der Waals surface area contributed by atoms with Crippen LogP contribution < -0.4 is 0 Å². The highest BCUT2D eigenvalue weighted by Crippen LogP contribution is 2.27. The van der Waals surface area contributed by atoms with E-state index in [-0.39, 0.29) is 5.41 Å². The van der Waals surface area contributed by atoms with E-state index in [4.69, 9.17) is 15.2 Å². The van der Waals surface area contributed by atoms with Crippen molar-refractivity contribution >= 4 is 5.71 Å². The Hall–Kier alpha value is -1.08. The highest BCUT2D eigenvalue weighted by molar-refractivity contribution is 5.86. The van der Waals surface area contributed by atoms with Gasteiger partial charge in [0.1, 0.15) is 0 Å². The van der Waals surface area contributed by atoms with Crippen LogP contribution in [0, 0.1) is 22.7 Å². The fourth-order valence-corrected chi connectivity index (χ4v) is 1.35. The third kappa shape index (κ3) is 3.03. The molecule has 0 aliphatic rings. The van der Waals surface area contributed by atoms with Crippen molar-refractivity contribution in [2.75, 3.05) is 13.7 Å². The SMILES string of the molecule is COCC(C)(C)C(C#N)/C(C)=N/O. The maximum Gasteiger partial charge on any atom is 0.0948 e. The summed E-state index contributed by atoms with van der Waals surface area (Å²) in [5.41, 5.74) is 0.0874. The normalized spacial score (nSPS) is 15.2. The van der Waals surface area contributed by atoms with Gasteiger partial charge < -0.3 is 9.94 Å². The molecule has 0 bridgehead atoms. The summed E-state index contributed by atoms with van der Waals surface area (Å²) >= 11 is 0. The summed E-state index contributed by atoms with van der Waals surface area (Å²) in [7, 11) is 1.58. The number of hydrogen-bond donors (Lipinski definition) is 1. The summed E-state index contributed by atoms with van der Waals surface area (Å²) in [6, 6.07) is 2.11. The maximum absolute atomic E-state index is 8.89. The molecular formula is C9H16N2O2. The summed E-state index contributed by atoms with van der Waals surface area (Å²) in [4.78, 5) is 0. The van der Waals surface area contributed by atoms with Gasteiger partial charge in [0.2, 0.25) is 0 Å². The van der Waals surface area contributed by atoms with Gasteiger partial charge in [0.05, 0.1) is 24.3 Å². The molecule has 4 heteroatoms. The topological polar surface area (TPSA) is 65.6 Å². The van der Waals surface area contributed by atoms with Crippen molar-refractivity contribution in [3.05, 3.63) is 0 Å². The lowest BCUT2D eigenvalue weighted by Crippen LogP contribution is -2.32.